The quantitative estimate of drug-likeness (QED) is 0.547. The monoisotopic (exact) mass is 242 g/mol. The van der Waals surface area contributed by atoms with Crippen molar-refractivity contribution in [2.75, 3.05) is 20.1 Å². The Hall–Kier alpha value is -0.0400. The minimum Gasteiger partial charge on any atom is -0.324 e. The van der Waals surface area contributed by atoms with Gasteiger partial charge in [0.1, 0.15) is 0 Å². The van der Waals surface area contributed by atoms with Crippen molar-refractivity contribution < 1.29 is 4.48 Å². The summed E-state index contributed by atoms with van der Waals surface area (Å²) < 4.78 is 1.24. The minimum absolute atomic E-state index is 0.745. The molecule has 0 fully saturated rings. The van der Waals surface area contributed by atoms with Gasteiger partial charge in [0, 0.05) is 0 Å². The first-order valence-corrected chi connectivity index (χ1v) is 7.58. The summed E-state index contributed by atoms with van der Waals surface area (Å²) in [6.45, 7) is 19.2. The molecule has 0 aliphatic carbocycles. The maximum Gasteiger partial charge on any atom is 0.0831 e. The van der Waals surface area contributed by atoms with Gasteiger partial charge in [0.15, 0.2) is 0 Å². The number of hydrogen-bond donors (Lipinski definition) is 0. The summed E-state index contributed by atoms with van der Waals surface area (Å²) in [4.78, 5) is 0. The molecule has 0 aliphatic heterocycles. The fraction of sp³-hybridized carbons (Fsp3) is 1.00. The van der Waals surface area contributed by atoms with Crippen LogP contribution in [-0.4, -0.2) is 30.7 Å². The van der Waals surface area contributed by atoms with Crippen LogP contribution in [0.25, 0.3) is 0 Å². The second-order valence-corrected chi connectivity index (χ2v) is 6.96. The van der Waals surface area contributed by atoms with Crippen molar-refractivity contribution in [3.05, 3.63) is 0 Å². The highest BCUT2D eigenvalue weighted by Crippen LogP contribution is 2.26. The van der Waals surface area contributed by atoms with Gasteiger partial charge >= 0.3 is 0 Å². The summed E-state index contributed by atoms with van der Waals surface area (Å²) in [6, 6.07) is 0.745. The highest BCUT2D eigenvalue weighted by molar-refractivity contribution is 4.67. The molecular weight excluding hydrogens is 206 g/mol. The van der Waals surface area contributed by atoms with Gasteiger partial charge in [-0.2, -0.15) is 0 Å². The molecule has 0 N–H and O–H groups in total. The molecule has 0 bridgehead atoms. The molecule has 0 aromatic heterocycles. The molecule has 0 saturated carbocycles. The maximum absolute atomic E-state index is 2.44. The SMILES string of the molecule is CCC[N+](C)(CCC(C(C)C)C(C)C)C(C)C. The Morgan fingerprint density at radius 1 is 0.824 bits per heavy atom. The van der Waals surface area contributed by atoms with Crippen molar-refractivity contribution in [1.82, 2.24) is 0 Å². The largest absolute Gasteiger partial charge is 0.324 e. The molecule has 0 aromatic rings. The molecule has 0 spiro atoms. The third kappa shape index (κ3) is 5.42. The Labute approximate surface area is 110 Å². The van der Waals surface area contributed by atoms with Gasteiger partial charge < -0.3 is 4.48 Å². The van der Waals surface area contributed by atoms with Crippen molar-refractivity contribution in [3.63, 3.8) is 0 Å². The van der Waals surface area contributed by atoms with E-state index >= 15 is 0 Å². The molecular formula is C16H36N+. The number of nitrogens with zero attached hydrogens (tertiary/aromatic N) is 1. The minimum atomic E-state index is 0.745. The predicted molar refractivity (Wildman–Crippen MR) is 79.1 cm³/mol. The van der Waals surface area contributed by atoms with Crippen LogP contribution in [0.4, 0.5) is 0 Å². The zero-order chi connectivity index (χ0) is 13.6. The summed E-state index contributed by atoms with van der Waals surface area (Å²) in [5.41, 5.74) is 0. The summed E-state index contributed by atoms with van der Waals surface area (Å²) in [5, 5.41) is 0. The van der Waals surface area contributed by atoms with Crippen LogP contribution in [-0.2, 0) is 0 Å². The second kappa shape index (κ2) is 7.41. The molecule has 0 saturated heterocycles. The van der Waals surface area contributed by atoms with Gasteiger partial charge in [-0.3, -0.25) is 0 Å². The van der Waals surface area contributed by atoms with Gasteiger partial charge in [0.05, 0.1) is 26.2 Å². The molecule has 0 aliphatic rings. The zero-order valence-corrected chi connectivity index (χ0v) is 13.6. The van der Waals surface area contributed by atoms with E-state index in [0.29, 0.717) is 0 Å². The van der Waals surface area contributed by atoms with Gasteiger partial charge in [0.25, 0.3) is 0 Å². The third-order valence-electron chi connectivity index (χ3n) is 4.67. The first-order chi connectivity index (χ1) is 7.74. The lowest BCUT2D eigenvalue weighted by Crippen LogP contribution is -2.51. The Morgan fingerprint density at radius 3 is 1.59 bits per heavy atom. The lowest BCUT2D eigenvalue weighted by molar-refractivity contribution is -0.930. The van der Waals surface area contributed by atoms with Crippen molar-refractivity contribution in [3.8, 4) is 0 Å². The topological polar surface area (TPSA) is 0 Å². The standard InChI is InChI=1S/C16H36N/c1-9-11-17(8,15(6)7)12-10-16(13(2)3)14(4)5/h13-16H,9-12H2,1-8H3/q+1. The van der Waals surface area contributed by atoms with Gasteiger partial charge in [-0.1, -0.05) is 34.6 Å². The Balaban J connectivity index is 4.47. The van der Waals surface area contributed by atoms with E-state index in [1.807, 2.05) is 0 Å². The second-order valence-electron chi connectivity index (χ2n) is 6.96. The lowest BCUT2D eigenvalue weighted by atomic mass is 9.82. The van der Waals surface area contributed by atoms with Crippen LogP contribution in [0.2, 0.25) is 0 Å². The summed E-state index contributed by atoms with van der Waals surface area (Å²) >= 11 is 0. The van der Waals surface area contributed by atoms with Crippen molar-refractivity contribution in [1.29, 1.82) is 0 Å². The number of quaternary nitrogens is 1. The average Bonchev–Trinajstić information content (AvgIpc) is 2.16. The van der Waals surface area contributed by atoms with Crippen LogP contribution in [0.3, 0.4) is 0 Å². The first kappa shape index (κ1) is 17.0. The molecule has 0 radical (unpaired) electrons. The normalized spacial score (nSPS) is 16.2. The van der Waals surface area contributed by atoms with E-state index in [9.17, 15) is 0 Å². The summed E-state index contributed by atoms with van der Waals surface area (Å²) in [7, 11) is 2.44. The Bertz CT molecular complexity index is 188. The Morgan fingerprint density at radius 2 is 1.29 bits per heavy atom. The van der Waals surface area contributed by atoms with E-state index in [4.69, 9.17) is 0 Å². The van der Waals surface area contributed by atoms with Gasteiger partial charge in [0.2, 0.25) is 0 Å². The van der Waals surface area contributed by atoms with Crippen LogP contribution in [0, 0.1) is 17.8 Å². The van der Waals surface area contributed by atoms with E-state index in [1.54, 1.807) is 0 Å². The zero-order valence-electron chi connectivity index (χ0n) is 13.6. The molecule has 0 amide bonds. The van der Waals surface area contributed by atoms with E-state index in [-0.39, 0.29) is 0 Å². The average molecular weight is 242 g/mol. The van der Waals surface area contributed by atoms with Crippen LogP contribution in [0.15, 0.2) is 0 Å². The van der Waals surface area contributed by atoms with Crippen LogP contribution < -0.4 is 0 Å². The van der Waals surface area contributed by atoms with Gasteiger partial charge in [-0.25, -0.2) is 0 Å². The molecule has 1 nitrogen and oxygen atoms in total. The fourth-order valence-corrected chi connectivity index (χ4v) is 3.02. The molecule has 17 heavy (non-hydrogen) atoms. The molecule has 1 atom stereocenters. The smallest absolute Gasteiger partial charge is 0.0831 e. The van der Waals surface area contributed by atoms with Crippen molar-refractivity contribution >= 4 is 0 Å². The van der Waals surface area contributed by atoms with E-state index in [0.717, 1.165) is 23.8 Å². The third-order valence-corrected chi connectivity index (χ3v) is 4.67. The number of hydrogen-bond acceptors (Lipinski definition) is 0. The fourth-order valence-electron chi connectivity index (χ4n) is 3.02. The summed E-state index contributed by atoms with van der Waals surface area (Å²) in [5.74, 6) is 2.51. The number of rotatable bonds is 8. The maximum atomic E-state index is 2.44. The first-order valence-electron chi connectivity index (χ1n) is 7.58. The highest BCUT2D eigenvalue weighted by Gasteiger charge is 2.27. The molecule has 1 unspecified atom stereocenters. The molecule has 104 valence electrons. The van der Waals surface area contributed by atoms with Gasteiger partial charge in [-0.15, -0.1) is 0 Å². The van der Waals surface area contributed by atoms with E-state index in [2.05, 4.69) is 55.5 Å². The Kier molecular flexibility index (Phi) is 7.39. The van der Waals surface area contributed by atoms with Gasteiger partial charge in [-0.05, 0) is 44.4 Å². The molecule has 1 heteroatoms. The highest BCUT2D eigenvalue weighted by atomic mass is 15.3. The summed E-state index contributed by atoms with van der Waals surface area (Å²) in [6.07, 6.45) is 2.67. The molecule has 0 rings (SSSR count). The van der Waals surface area contributed by atoms with E-state index < -0.39 is 0 Å². The van der Waals surface area contributed by atoms with Crippen molar-refractivity contribution in [2.24, 2.45) is 17.8 Å². The lowest BCUT2D eigenvalue weighted by Gasteiger charge is -2.40. The van der Waals surface area contributed by atoms with Crippen molar-refractivity contribution in [2.45, 2.75) is 67.3 Å². The predicted octanol–water partition coefficient (Wildman–Crippen LogP) is 4.57. The van der Waals surface area contributed by atoms with Crippen LogP contribution >= 0.6 is 0 Å². The molecule has 0 aromatic carbocycles. The molecule has 0 heterocycles. The van der Waals surface area contributed by atoms with Crippen LogP contribution in [0.5, 0.6) is 0 Å². The van der Waals surface area contributed by atoms with E-state index in [1.165, 1.54) is 30.4 Å². The van der Waals surface area contributed by atoms with Crippen LogP contribution in [0.1, 0.15) is 61.3 Å².